The van der Waals surface area contributed by atoms with Crippen LogP contribution in [0.5, 0.6) is 0 Å². The lowest BCUT2D eigenvalue weighted by Gasteiger charge is -2.08. The molecule has 0 atom stereocenters. The molecule has 0 unspecified atom stereocenters. The first-order valence-corrected chi connectivity index (χ1v) is 8.88. The van der Waals surface area contributed by atoms with Crippen molar-refractivity contribution in [2.75, 3.05) is 5.75 Å². The Balaban J connectivity index is 1.80. The molecule has 20 heavy (non-hydrogen) atoms. The van der Waals surface area contributed by atoms with E-state index in [0.717, 1.165) is 22.6 Å². The Bertz CT molecular complexity index is 611. The highest BCUT2D eigenvalue weighted by Gasteiger charge is 2.17. The van der Waals surface area contributed by atoms with Gasteiger partial charge in [0.25, 0.3) is 0 Å². The molecule has 3 rings (SSSR count). The van der Waals surface area contributed by atoms with Gasteiger partial charge in [0, 0.05) is 17.1 Å². The van der Waals surface area contributed by atoms with Crippen molar-refractivity contribution in [1.82, 2.24) is 0 Å². The zero-order chi connectivity index (χ0) is 14.1. The zero-order valence-corrected chi connectivity index (χ0v) is 13.5. The zero-order valence-electron chi connectivity index (χ0n) is 11.9. The van der Waals surface area contributed by atoms with Gasteiger partial charge in [-0.3, -0.25) is 4.79 Å². The van der Waals surface area contributed by atoms with Gasteiger partial charge in [0.05, 0.1) is 4.88 Å². The SMILES string of the molecule is Cc1cc(C)cc(CC(=O)c2cc3c(s2)CCSC3)c1. The van der Waals surface area contributed by atoms with E-state index in [1.54, 1.807) is 11.3 Å². The van der Waals surface area contributed by atoms with Crippen molar-refractivity contribution in [2.45, 2.75) is 32.4 Å². The first-order valence-electron chi connectivity index (χ1n) is 6.91. The van der Waals surface area contributed by atoms with Crippen molar-refractivity contribution in [2.24, 2.45) is 0 Å². The summed E-state index contributed by atoms with van der Waals surface area (Å²) in [5, 5.41) is 0. The Morgan fingerprint density at radius 1 is 1.15 bits per heavy atom. The number of thiophene rings is 1. The second-order valence-electron chi connectivity index (χ2n) is 5.46. The maximum Gasteiger partial charge on any atom is 0.177 e. The lowest BCUT2D eigenvalue weighted by molar-refractivity contribution is 0.0997. The van der Waals surface area contributed by atoms with Gasteiger partial charge >= 0.3 is 0 Å². The summed E-state index contributed by atoms with van der Waals surface area (Å²) < 4.78 is 0. The molecule has 0 amide bonds. The minimum Gasteiger partial charge on any atom is -0.293 e. The van der Waals surface area contributed by atoms with Crippen molar-refractivity contribution < 1.29 is 4.79 Å². The van der Waals surface area contributed by atoms with Gasteiger partial charge in [-0.25, -0.2) is 0 Å². The van der Waals surface area contributed by atoms with Crippen molar-refractivity contribution >= 4 is 28.9 Å². The fourth-order valence-electron chi connectivity index (χ4n) is 2.73. The second-order valence-corrected chi connectivity index (χ2v) is 7.70. The van der Waals surface area contributed by atoms with Crippen LogP contribution in [0.4, 0.5) is 0 Å². The molecule has 1 aliphatic heterocycles. The van der Waals surface area contributed by atoms with Gasteiger partial charge < -0.3 is 0 Å². The predicted octanol–water partition coefficient (Wildman–Crippen LogP) is 4.58. The smallest absolute Gasteiger partial charge is 0.177 e. The Labute approximate surface area is 128 Å². The molecule has 0 saturated heterocycles. The molecule has 1 nitrogen and oxygen atoms in total. The van der Waals surface area contributed by atoms with Crippen molar-refractivity contribution in [3.63, 3.8) is 0 Å². The Morgan fingerprint density at radius 2 is 1.90 bits per heavy atom. The van der Waals surface area contributed by atoms with Gasteiger partial charge in [0.15, 0.2) is 5.78 Å². The molecule has 2 heterocycles. The van der Waals surface area contributed by atoms with Crippen LogP contribution >= 0.6 is 23.1 Å². The fourth-order valence-corrected chi connectivity index (χ4v) is 5.04. The number of fused-ring (bicyclic) bond motifs is 1. The molecular weight excluding hydrogens is 284 g/mol. The fraction of sp³-hybridized carbons (Fsp3) is 0.353. The van der Waals surface area contributed by atoms with E-state index < -0.39 is 0 Å². The number of aryl methyl sites for hydroxylation is 3. The van der Waals surface area contributed by atoms with Crippen LogP contribution in [-0.2, 0) is 18.6 Å². The Kier molecular flexibility index (Phi) is 3.99. The van der Waals surface area contributed by atoms with Crippen molar-refractivity contribution in [1.29, 1.82) is 0 Å². The normalized spacial score (nSPS) is 14.1. The third-order valence-electron chi connectivity index (χ3n) is 3.55. The lowest BCUT2D eigenvalue weighted by Crippen LogP contribution is -2.01. The van der Waals surface area contributed by atoms with Gasteiger partial charge in [-0.2, -0.15) is 11.8 Å². The molecule has 104 valence electrons. The highest BCUT2D eigenvalue weighted by atomic mass is 32.2. The predicted molar refractivity (Wildman–Crippen MR) is 88.1 cm³/mol. The number of carbonyl (C=O) groups excluding carboxylic acids is 1. The van der Waals surface area contributed by atoms with E-state index in [9.17, 15) is 4.79 Å². The van der Waals surface area contributed by atoms with Crippen LogP contribution in [0.3, 0.4) is 0 Å². The van der Waals surface area contributed by atoms with Crippen LogP contribution in [0, 0.1) is 13.8 Å². The summed E-state index contributed by atoms with van der Waals surface area (Å²) in [5.74, 6) is 2.53. The van der Waals surface area contributed by atoms with Gasteiger partial charge in [0.2, 0.25) is 0 Å². The van der Waals surface area contributed by atoms with E-state index in [1.165, 1.54) is 27.3 Å². The topological polar surface area (TPSA) is 17.1 Å². The third-order valence-corrected chi connectivity index (χ3v) is 5.83. The molecule has 1 aromatic heterocycles. The molecule has 0 bridgehead atoms. The summed E-state index contributed by atoms with van der Waals surface area (Å²) in [7, 11) is 0. The van der Waals surface area contributed by atoms with Gasteiger partial charge in [-0.05, 0) is 43.2 Å². The van der Waals surface area contributed by atoms with Gasteiger partial charge in [0.1, 0.15) is 0 Å². The van der Waals surface area contributed by atoms with Gasteiger partial charge in [-0.15, -0.1) is 11.3 Å². The van der Waals surface area contributed by atoms with E-state index in [0.29, 0.717) is 6.42 Å². The number of hydrogen-bond acceptors (Lipinski definition) is 3. The van der Waals surface area contributed by atoms with E-state index in [4.69, 9.17) is 0 Å². The Hall–Kier alpha value is -1.06. The maximum atomic E-state index is 12.5. The average molecular weight is 302 g/mol. The summed E-state index contributed by atoms with van der Waals surface area (Å²) >= 11 is 3.67. The van der Waals surface area contributed by atoms with E-state index in [-0.39, 0.29) is 5.78 Å². The number of rotatable bonds is 3. The maximum absolute atomic E-state index is 12.5. The minimum atomic E-state index is 0.263. The highest BCUT2D eigenvalue weighted by molar-refractivity contribution is 7.98. The van der Waals surface area contributed by atoms with Crippen LogP contribution in [0.15, 0.2) is 24.3 Å². The minimum absolute atomic E-state index is 0.263. The summed E-state index contributed by atoms with van der Waals surface area (Å²) in [4.78, 5) is 14.8. The number of Topliss-reactive ketones (excluding diaryl/α,β-unsaturated/α-hetero) is 1. The molecule has 0 fully saturated rings. The quantitative estimate of drug-likeness (QED) is 0.772. The summed E-state index contributed by atoms with van der Waals surface area (Å²) in [5.41, 5.74) is 4.98. The highest BCUT2D eigenvalue weighted by Crippen LogP contribution is 2.32. The molecule has 0 radical (unpaired) electrons. The van der Waals surface area contributed by atoms with Crippen molar-refractivity contribution in [3.8, 4) is 0 Å². The summed E-state index contributed by atoms with van der Waals surface area (Å²) in [6, 6.07) is 8.51. The largest absolute Gasteiger partial charge is 0.293 e. The van der Waals surface area contributed by atoms with Crippen LogP contribution in [0.25, 0.3) is 0 Å². The standard InChI is InChI=1S/C17H18OS2/c1-11-5-12(2)7-13(6-11)8-15(18)17-9-14-10-19-4-3-16(14)20-17/h5-7,9H,3-4,8,10H2,1-2H3. The third kappa shape index (κ3) is 2.99. The van der Waals surface area contributed by atoms with Gasteiger partial charge in [-0.1, -0.05) is 29.3 Å². The molecule has 3 heteroatoms. The summed E-state index contributed by atoms with van der Waals surface area (Å²) in [6.07, 6.45) is 1.65. The van der Waals surface area contributed by atoms with Crippen LogP contribution < -0.4 is 0 Å². The number of ketones is 1. The second kappa shape index (κ2) is 5.74. The first kappa shape index (κ1) is 13.9. The monoisotopic (exact) mass is 302 g/mol. The van der Waals surface area contributed by atoms with Crippen LogP contribution in [0.1, 0.15) is 36.8 Å². The molecule has 0 spiro atoms. The number of benzene rings is 1. The average Bonchev–Trinajstić information content (AvgIpc) is 2.81. The van der Waals surface area contributed by atoms with E-state index in [1.807, 2.05) is 11.8 Å². The molecule has 0 saturated carbocycles. The van der Waals surface area contributed by atoms with E-state index >= 15 is 0 Å². The first-order chi connectivity index (χ1) is 9.61. The number of carbonyl (C=O) groups is 1. The van der Waals surface area contributed by atoms with E-state index in [2.05, 4.69) is 38.1 Å². The molecule has 0 aliphatic carbocycles. The molecule has 1 aromatic carbocycles. The van der Waals surface area contributed by atoms with Crippen LogP contribution in [-0.4, -0.2) is 11.5 Å². The van der Waals surface area contributed by atoms with Crippen molar-refractivity contribution in [3.05, 3.63) is 56.3 Å². The summed E-state index contributed by atoms with van der Waals surface area (Å²) in [6.45, 7) is 4.17. The number of thioether (sulfide) groups is 1. The Morgan fingerprint density at radius 3 is 2.60 bits per heavy atom. The molecule has 1 aliphatic rings. The molecular formula is C17H18OS2. The van der Waals surface area contributed by atoms with Crippen LogP contribution in [0.2, 0.25) is 0 Å². The molecule has 2 aromatic rings. The number of hydrogen-bond donors (Lipinski definition) is 0. The lowest BCUT2D eigenvalue weighted by atomic mass is 10.0. The molecule has 0 N–H and O–H groups in total.